The number of H-pyrrole nitrogens is 1. The molecule has 1 aromatic heterocycles. The maximum absolute atomic E-state index is 13.1. The molecule has 51 heavy (non-hydrogen) atoms. The minimum Gasteiger partial charge on any atom is -0.456 e. The number of hydrogen-bond acceptors (Lipinski definition) is 12. The average molecular weight is 717 g/mol. The molecule has 2 aliphatic rings. The van der Waals surface area contributed by atoms with E-state index in [4.69, 9.17) is 29.4 Å². The molecule has 3 heterocycles. The van der Waals surface area contributed by atoms with Gasteiger partial charge >= 0.3 is 11.7 Å². The number of hydrogen-bond donors (Lipinski definition) is 5. The third-order valence-electron chi connectivity index (χ3n) is 8.68. The first-order chi connectivity index (χ1) is 24.5. The lowest BCUT2D eigenvalue weighted by molar-refractivity contribution is -0.241. The number of ether oxygens (including phenoxy) is 5. The third-order valence-corrected chi connectivity index (χ3v) is 8.68. The number of unbranched alkanes of at least 4 members (excludes halogenated alkanes) is 8. The Morgan fingerprint density at radius 1 is 0.980 bits per heavy atom. The zero-order valence-corrected chi connectivity index (χ0v) is 28.8. The molecule has 0 saturated carbocycles. The van der Waals surface area contributed by atoms with E-state index in [9.17, 15) is 34.2 Å². The van der Waals surface area contributed by atoms with Crippen LogP contribution in [0.25, 0.3) is 0 Å². The monoisotopic (exact) mass is 716 g/mol. The number of aromatic nitrogens is 2. The van der Waals surface area contributed by atoms with Crippen LogP contribution >= 0.6 is 0 Å². The van der Waals surface area contributed by atoms with Crippen LogP contribution in [0.3, 0.4) is 0 Å². The number of rotatable bonds is 19. The highest BCUT2D eigenvalue weighted by Gasteiger charge is 2.54. The van der Waals surface area contributed by atoms with Gasteiger partial charge in [0.25, 0.3) is 11.5 Å². The molecule has 0 aliphatic carbocycles. The predicted octanol–water partition coefficient (Wildman–Crippen LogP) is 1.75. The second-order valence-electron chi connectivity index (χ2n) is 12.5. The molecule has 1 fully saturated rings. The van der Waals surface area contributed by atoms with Crippen molar-refractivity contribution in [3.63, 3.8) is 0 Å². The van der Waals surface area contributed by atoms with Gasteiger partial charge in [0.05, 0.1) is 0 Å². The van der Waals surface area contributed by atoms with Crippen molar-refractivity contribution in [3.05, 3.63) is 75.3 Å². The number of carbonyl (C=O) groups excluding carboxylic acids is 3. The van der Waals surface area contributed by atoms with Gasteiger partial charge in [-0.1, -0.05) is 76.5 Å². The highest BCUT2D eigenvalue weighted by molar-refractivity contribution is 6.02. The van der Waals surface area contributed by atoms with Crippen molar-refractivity contribution >= 4 is 23.5 Å². The van der Waals surface area contributed by atoms with Crippen LogP contribution in [0.1, 0.15) is 77.4 Å². The van der Waals surface area contributed by atoms with E-state index in [-0.39, 0.29) is 6.42 Å². The lowest BCUT2D eigenvalue weighted by atomic mass is 10.0. The van der Waals surface area contributed by atoms with E-state index in [0.29, 0.717) is 12.1 Å². The first kappa shape index (κ1) is 39.4. The second kappa shape index (κ2) is 19.3. The topological polar surface area (TPSA) is 231 Å². The number of carbonyl (C=O) groups is 3. The van der Waals surface area contributed by atoms with Gasteiger partial charge in [-0.3, -0.25) is 28.7 Å². The maximum Gasteiger partial charge on any atom is 0.330 e. The molecule has 1 unspecified atom stereocenters. The molecule has 16 heteroatoms. The molecule has 2 amide bonds. The van der Waals surface area contributed by atoms with E-state index < -0.39 is 83.9 Å². The van der Waals surface area contributed by atoms with Crippen molar-refractivity contribution < 1.29 is 48.3 Å². The molecule has 280 valence electrons. The molecule has 0 bridgehead atoms. The Kier molecular flexibility index (Phi) is 14.9. The number of primary amides is 1. The summed E-state index contributed by atoms with van der Waals surface area (Å²) in [6.45, 7) is 2.17. The summed E-state index contributed by atoms with van der Waals surface area (Å²) in [5, 5.41) is 23.8. The SMILES string of the molecule is CCCCCCCCCCCC(=O)O[C@@H]1[C@H](OC)[C@@H](C(O[C@H]2OC(C(=O)Nc3ccccc3)=C[C@H](O)[C@@H]2O)C(N)=O)O[C@H]1n1ccc(=O)[nH]c1=O. The number of anilines is 1. The van der Waals surface area contributed by atoms with Crippen LogP contribution in [0.4, 0.5) is 5.69 Å². The van der Waals surface area contributed by atoms with Crippen molar-refractivity contribution in [2.45, 2.75) is 120 Å². The second-order valence-corrected chi connectivity index (χ2v) is 12.5. The molecule has 1 aromatic carbocycles. The Bertz CT molecular complexity index is 1590. The molecule has 0 spiro atoms. The summed E-state index contributed by atoms with van der Waals surface area (Å²) in [6.07, 6.45) is -1.03. The van der Waals surface area contributed by atoms with Gasteiger partial charge < -0.3 is 44.9 Å². The number of nitrogens with one attached hydrogen (secondary N) is 2. The smallest absolute Gasteiger partial charge is 0.330 e. The number of methoxy groups -OCH3 is 1. The summed E-state index contributed by atoms with van der Waals surface area (Å²) in [6, 6.07) is 9.44. The van der Waals surface area contributed by atoms with Gasteiger partial charge in [-0.05, 0) is 24.6 Å². The summed E-state index contributed by atoms with van der Waals surface area (Å²) in [5.74, 6) is -2.94. The minimum atomic E-state index is -1.82. The molecule has 2 aromatic rings. The Hall–Kier alpha value is -4.35. The molecule has 2 aliphatic heterocycles. The summed E-state index contributed by atoms with van der Waals surface area (Å²) in [4.78, 5) is 65.7. The number of aromatic amines is 1. The van der Waals surface area contributed by atoms with Crippen molar-refractivity contribution in [1.82, 2.24) is 9.55 Å². The van der Waals surface area contributed by atoms with Gasteiger partial charge in [-0.15, -0.1) is 0 Å². The van der Waals surface area contributed by atoms with Crippen LogP contribution in [0.2, 0.25) is 0 Å². The first-order valence-corrected chi connectivity index (χ1v) is 17.3. The van der Waals surface area contributed by atoms with E-state index in [2.05, 4.69) is 17.2 Å². The number of aliphatic hydroxyl groups is 2. The van der Waals surface area contributed by atoms with Crippen LogP contribution < -0.4 is 22.3 Å². The van der Waals surface area contributed by atoms with Gasteiger partial charge in [0, 0.05) is 31.5 Å². The number of amides is 2. The summed E-state index contributed by atoms with van der Waals surface area (Å²) in [5.41, 5.74) is 4.57. The summed E-state index contributed by atoms with van der Waals surface area (Å²) >= 11 is 0. The van der Waals surface area contributed by atoms with Crippen molar-refractivity contribution in [2.75, 3.05) is 12.4 Å². The zero-order valence-electron chi connectivity index (χ0n) is 28.8. The van der Waals surface area contributed by atoms with Crippen molar-refractivity contribution in [1.29, 1.82) is 0 Å². The molecule has 4 rings (SSSR count). The minimum absolute atomic E-state index is 0.0660. The van der Waals surface area contributed by atoms with E-state index in [0.717, 1.165) is 48.6 Å². The fourth-order valence-corrected chi connectivity index (χ4v) is 6.00. The number of nitrogens with two attached hydrogens (primary N) is 1. The molecular formula is C35H48N4O12. The van der Waals surface area contributed by atoms with Crippen molar-refractivity contribution in [2.24, 2.45) is 5.73 Å². The molecular weight excluding hydrogens is 668 g/mol. The largest absolute Gasteiger partial charge is 0.456 e. The number of para-hydroxylation sites is 1. The van der Waals surface area contributed by atoms with E-state index in [1.807, 2.05) is 0 Å². The van der Waals surface area contributed by atoms with Gasteiger partial charge in [-0.25, -0.2) is 4.79 Å². The Balaban J connectivity index is 1.49. The molecule has 16 nitrogen and oxygen atoms in total. The number of aliphatic hydroxyl groups excluding tert-OH is 2. The highest BCUT2D eigenvalue weighted by atomic mass is 16.7. The van der Waals surface area contributed by atoms with Crippen LogP contribution in [0.15, 0.2) is 64.0 Å². The Morgan fingerprint density at radius 2 is 1.65 bits per heavy atom. The van der Waals surface area contributed by atoms with Crippen LogP contribution in [-0.4, -0.2) is 87.6 Å². The van der Waals surface area contributed by atoms with Gasteiger partial charge in [0.15, 0.2) is 24.2 Å². The summed E-state index contributed by atoms with van der Waals surface area (Å²) in [7, 11) is 1.25. The van der Waals surface area contributed by atoms with Gasteiger partial charge in [-0.2, -0.15) is 0 Å². The normalized spacial score (nSPS) is 25.0. The first-order valence-electron chi connectivity index (χ1n) is 17.3. The van der Waals surface area contributed by atoms with Crippen molar-refractivity contribution in [3.8, 4) is 0 Å². The van der Waals surface area contributed by atoms with Gasteiger partial charge in [0.2, 0.25) is 12.2 Å². The average Bonchev–Trinajstić information content (AvgIpc) is 3.45. The lowest BCUT2D eigenvalue weighted by Gasteiger charge is -2.35. The van der Waals surface area contributed by atoms with Gasteiger partial charge in [0.1, 0.15) is 24.4 Å². The number of nitrogens with zero attached hydrogens (tertiary/aromatic N) is 1. The molecule has 8 atom stereocenters. The van der Waals surface area contributed by atoms with Crippen LogP contribution in [-0.2, 0) is 38.1 Å². The van der Waals surface area contributed by atoms with E-state index in [1.54, 1.807) is 30.3 Å². The standard InChI is InChI=1S/C35H48N4O12/c1-3-4-5-6-7-8-9-10-14-17-25(42)49-30-27(47-2)28(50-33(30)39-19-18-24(41)38-35(39)46)29(31(36)44)51-34-26(43)22(40)20-23(48-34)32(45)37-21-15-12-11-13-16-21/h11-13,15-16,18-20,22,26-30,33-34,40,43H,3-10,14,17H2,1-2H3,(H2,36,44)(H,37,45)(H,38,41,46)/t22-,26-,27+,28-,29?,30+,33+,34+/m0/s1. The summed E-state index contributed by atoms with van der Waals surface area (Å²) < 4.78 is 29.8. The maximum atomic E-state index is 13.1. The highest BCUT2D eigenvalue weighted by Crippen LogP contribution is 2.36. The Labute approximate surface area is 294 Å². The fraction of sp³-hybridized carbons (Fsp3) is 0.571. The van der Waals surface area contributed by atoms with Crippen LogP contribution in [0, 0.1) is 0 Å². The third kappa shape index (κ3) is 10.8. The molecule has 0 radical (unpaired) electrons. The fourth-order valence-electron chi connectivity index (χ4n) is 6.00. The van der Waals surface area contributed by atoms with E-state index >= 15 is 0 Å². The lowest BCUT2D eigenvalue weighted by Crippen LogP contribution is -2.54. The van der Waals surface area contributed by atoms with Crippen LogP contribution in [0.5, 0.6) is 0 Å². The number of benzene rings is 1. The predicted molar refractivity (Wildman–Crippen MR) is 182 cm³/mol. The molecule has 6 N–H and O–H groups in total. The number of esters is 1. The Morgan fingerprint density at radius 3 is 2.27 bits per heavy atom. The quantitative estimate of drug-likeness (QED) is 0.103. The van der Waals surface area contributed by atoms with E-state index in [1.165, 1.54) is 32.8 Å². The molecule has 1 saturated heterocycles. The zero-order chi connectivity index (χ0) is 36.9.